The van der Waals surface area contributed by atoms with Crippen LogP contribution in [0.5, 0.6) is 5.75 Å². The third-order valence-corrected chi connectivity index (χ3v) is 3.28. The molecule has 0 heterocycles. The van der Waals surface area contributed by atoms with Crippen LogP contribution >= 0.6 is 0 Å². The first-order chi connectivity index (χ1) is 10.9. The van der Waals surface area contributed by atoms with Crippen LogP contribution in [0.3, 0.4) is 0 Å². The molecule has 0 saturated carbocycles. The first kappa shape index (κ1) is 19.0. The molecule has 0 fully saturated rings. The highest BCUT2D eigenvalue weighted by Gasteiger charge is 2.14. The minimum atomic E-state index is -0.424. The summed E-state index contributed by atoms with van der Waals surface area (Å²) >= 11 is 0. The topological polar surface area (TPSA) is 84.7 Å². The smallest absolute Gasteiger partial charge is 0.234 e. The van der Waals surface area contributed by atoms with Crippen molar-refractivity contribution in [1.29, 1.82) is 0 Å². The summed E-state index contributed by atoms with van der Waals surface area (Å²) in [6, 6.07) is 7.73. The molecule has 1 aromatic rings. The Bertz CT molecular complexity index is 518. The molecule has 0 aromatic heterocycles. The van der Waals surface area contributed by atoms with Crippen LogP contribution in [0, 0.1) is 5.92 Å². The number of nitrogens with two attached hydrogens (primary N) is 1. The van der Waals surface area contributed by atoms with Gasteiger partial charge in [-0.15, -0.1) is 0 Å². The van der Waals surface area contributed by atoms with Gasteiger partial charge in [-0.3, -0.25) is 14.5 Å². The minimum absolute atomic E-state index is 0.0953. The number of primary amides is 1. The minimum Gasteiger partial charge on any atom is -0.496 e. The van der Waals surface area contributed by atoms with E-state index < -0.39 is 5.91 Å². The normalized spacial score (nSPS) is 10.8. The maximum atomic E-state index is 12.0. The summed E-state index contributed by atoms with van der Waals surface area (Å²) < 4.78 is 5.28. The monoisotopic (exact) mass is 321 g/mol. The second kappa shape index (κ2) is 9.84. The van der Waals surface area contributed by atoms with E-state index in [1.807, 2.05) is 38.1 Å². The predicted molar refractivity (Wildman–Crippen MR) is 90.2 cm³/mol. The van der Waals surface area contributed by atoms with Gasteiger partial charge in [-0.05, 0) is 24.0 Å². The Morgan fingerprint density at radius 2 is 1.96 bits per heavy atom. The van der Waals surface area contributed by atoms with E-state index in [0.29, 0.717) is 25.4 Å². The average molecular weight is 321 g/mol. The molecule has 6 heteroatoms. The SMILES string of the molecule is COc1ccccc1CCNC(=O)CN(CC(N)=O)CC(C)C. The van der Waals surface area contributed by atoms with Gasteiger partial charge < -0.3 is 15.8 Å². The Hall–Kier alpha value is -2.08. The molecule has 1 rings (SSSR count). The maximum absolute atomic E-state index is 12.0. The molecule has 128 valence electrons. The van der Waals surface area contributed by atoms with E-state index in [0.717, 1.165) is 11.3 Å². The van der Waals surface area contributed by atoms with Crippen LogP contribution < -0.4 is 15.8 Å². The standard InChI is InChI=1S/C17H27N3O3/c1-13(2)10-20(11-16(18)21)12-17(22)19-9-8-14-6-4-5-7-15(14)23-3/h4-7,13H,8-12H2,1-3H3,(H2,18,21)(H,19,22). The van der Waals surface area contributed by atoms with Crippen molar-refractivity contribution in [2.24, 2.45) is 11.7 Å². The van der Waals surface area contributed by atoms with Crippen LogP contribution in [-0.4, -0.2) is 50.0 Å². The maximum Gasteiger partial charge on any atom is 0.234 e. The van der Waals surface area contributed by atoms with E-state index in [1.165, 1.54) is 0 Å². The molecule has 6 nitrogen and oxygen atoms in total. The number of carbonyl (C=O) groups is 2. The lowest BCUT2D eigenvalue weighted by Crippen LogP contribution is -2.43. The van der Waals surface area contributed by atoms with Crippen LogP contribution in [0.2, 0.25) is 0 Å². The van der Waals surface area contributed by atoms with Crippen molar-refractivity contribution < 1.29 is 14.3 Å². The van der Waals surface area contributed by atoms with Crippen LogP contribution in [0.1, 0.15) is 19.4 Å². The Balaban J connectivity index is 2.44. The molecule has 0 aliphatic rings. The first-order valence-electron chi connectivity index (χ1n) is 7.81. The number of nitrogens with zero attached hydrogens (tertiary/aromatic N) is 1. The Kier molecular flexibility index (Phi) is 8.11. The van der Waals surface area contributed by atoms with Gasteiger partial charge in [0.05, 0.1) is 20.2 Å². The van der Waals surface area contributed by atoms with Gasteiger partial charge in [0.2, 0.25) is 11.8 Å². The fraction of sp³-hybridized carbons (Fsp3) is 0.529. The van der Waals surface area contributed by atoms with Crippen molar-refractivity contribution in [3.8, 4) is 5.75 Å². The van der Waals surface area contributed by atoms with Crippen molar-refractivity contribution in [2.75, 3.05) is 33.3 Å². The highest BCUT2D eigenvalue weighted by atomic mass is 16.5. The molecule has 23 heavy (non-hydrogen) atoms. The lowest BCUT2D eigenvalue weighted by molar-refractivity contribution is -0.124. The van der Waals surface area contributed by atoms with Crippen molar-refractivity contribution in [2.45, 2.75) is 20.3 Å². The number of carbonyl (C=O) groups excluding carboxylic acids is 2. The van der Waals surface area contributed by atoms with Crippen molar-refractivity contribution in [3.63, 3.8) is 0 Å². The summed E-state index contributed by atoms with van der Waals surface area (Å²) in [7, 11) is 1.63. The van der Waals surface area contributed by atoms with Gasteiger partial charge in [-0.2, -0.15) is 0 Å². The largest absolute Gasteiger partial charge is 0.496 e. The molecular formula is C17H27N3O3. The van der Waals surface area contributed by atoms with Gasteiger partial charge in [0.1, 0.15) is 5.75 Å². The van der Waals surface area contributed by atoms with Crippen LogP contribution in [0.25, 0.3) is 0 Å². The average Bonchev–Trinajstić information content (AvgIpc) is 2.46. The number of hydrogen-bond donors (Lipinski definition) is 2. The zero-order valence-corrected chi connectivity index (χ0v) is 14.2. The molecular weight excluding hydrogens is 294 g/mol. The highest BCUT2D eigenvalue weighted by Crippen LogP contribution is 2.17. The van der Waals surface area contributed by atoms with Gasteiger partial charge in [0.15, 0.2) is 0 Å². The fourth-order valence-electron chi connectivity index (χ4n) is 2.43. The summed E-state index contributed by atoms with van der Waals surface area (Å²) in [5.41, 5.74) is 6.27. The molecule has 0 spiro atoms. The zero-order chi connectivity index (χ0) is 17.2. The summed E-state index contributed by atoms with van der Waals surface area (Å²) in [6.45, 7) is 5.51. The number of amides is 2. The summed E-state index contributed by atoms with van der Waals surface area (Å²) in [5, 5.41) is 2.87. The third kappa shape index (κ3) is 7.65. The molecule has 1 aromatic carbocycles. The molecule has 3 N–H and O–H groups in total. The second-order valence-electron chi connectivity index (χ2n) is 5.94. The van der Waals surface area contributed by atoms with Crippen molar-refractivity contribution >= 4 is 11.8 Å². The van der Waals surface area contributed by atoms with Crippen LogP contribution in [-0.2, 0) is 16.0 Å². The fourth-order valence-corrected chi connectivity index (χ4v) is 2.43. The number of benzene rings is 1. The molecule has 0 unspecified atom stereocenters. The van der Waals surface area contributed by atoms with Crippen molar-refractivity contribution in [3.05, 3.63) is 29.8 Å². The summed E-state index contributed by atoms with van der Waals surface area (Å²) in [5.74, 6) is 0.641. The van der Waals surface area contributed by atoms with E-state index in [-0.39, 0.29) is 19.0 Å². The van der Waals surface area contributed by atoms with Crippen LogP contribution in [0.15, 0.2) is 24.3 Å². The lowest BCUT2D eigenvalue weighted by Gasteiger charge is -2.22. The molecule has 0 aliphatic carbocycles. The van der Waals surface area contributed by atoms with E-state index in [9.17, 15) is 9.59 Å². The lowest BCUT2D eigenvalue weighted by atomic mass is 10.1. The number of hydrogen-bond acceptors (Lipinski definition) is 4. The zero-order valence-electron chi connectivity index (χ0n) is 14.2. The van der Waals surface area contributed by atoms with E-state index in [4.69, 9.17) is 10.5 Å². The van der Waals surface area contributed by atoms with Gasteiger partial charge >= 0.3 is 0 Å². The second-order valence-corrected chi connectivity index (χ2v) is 5.94. The van der Waals surface area contributed by atoms with Gasteiger partial charge in [0.25, 0.3) is 0 Å². The Labute approximate surface area is 138 Å². The number of para-hydroxylation sites is 1. The molecule has 0 aliphatic heterocycles. The quantitative estimate of drug-likeness (QED) is 0.667. The molecule has 0 atom stereocenters. The van der Waals surface area contributed by atoms with Gasteiger partial charge in [-0.1, -0.05) is 32.0 Å². The Morgan fingerprint density at radius 1 is 1.26 bits per heavy atom. The first-order valence-corrected chi connectivity index (χ1v) is 7.81. The number of methoxy groups -OCH3 is 1. The molecule has 0 saturated heterocycles. The Morgan fingerprint density at radius 3 is 2.57 bits per heavy atom. The molecule has 0 radical (unpaired) electrons. The summed E-state index contributed by atoms with van der Waals surface area (Å²) in [6.07, 6.45) is 0.690. The number of nitrogens with one attached hydrogen (secondary N) is 1. The van der Waals surface area contributed by atoms with Gasteiger partial charge in [0, 0.05) is 13.1 Å². The number of ether oxygens (including phenoxy) is 1. The van der Waals surface area contributed by atoms with Crippen LogP contribution in [0.4, 0.5) is 0 Å². The van der Waals surface area contributed by atoms with E-state index in [2.05, 4.69) is 5.32 Å². The number of rotatable bonds is 10. The highest BCUT2D eigenvalue weighted by molar-refractivity contribution is 5.80. The predicted octanol–water partition coefficient (Wildman–Crippen LogP) is 0.797. The van der Waals surface area contributed by atoms with Gasteiger partial charge in [-0.25, -0.2) is 0 Å². The third-order valence-electron chi connectivity index (χ3n) is 3.28. The van der Waals surface area contributed by atoms with E-state index in [1.54, 1.807) is 12.0 Å². The van der Waals surface area contributed by atoms with Crippen molar-refractivity contribution in [1.82, 2.24) is 10.2 Å². The van der Waals surface area contributed by atoms with E-state index >= 15 is 0 Å². The summed E-state index contributed by atoms with van der Waals surface area (Å²) in [4.78, 5) is 24.9. The molecule has 2 amide bonds. The molecule has 0 bridgehead atoms.